The van der Waals surface area contributed by atoms with Crippen LogP contribution in [-0.4, -0.2) is 65.4 Å². The van der Waals surface area contributed by atoms with Gasteiger partial charge in [-0.15, -0.1) is 0 Å². The fourth-order valence-corrected chi connectivity index (χ4v) is 5.46. The minimum Gasteiger partial charge on any atom is -0.480 e. The number of anilines is 1. The lowest BCUT2D eigenvalue weighted by Crippen LogP contribution is -2.52. The maximum atomic E-state index is 13.0. The molecule has 2 amide bonds. The van der Waals surface area contributed by atoms with Crippen LogP contribution in [0.1, 0.15) is 32.4 Å². The fourth-order valence-electron chi connectivity index (χ4n) is 4.55. The van der Waals surface area contributed by atoms with E-state index >= 15 is 0 Å². The van der Waals surface area contributed by atoms with Gasteiger partial charge in [0, 0.05) is 12.5 Å². The average molecular weight is 494 g/mol. The first-order valence-corrected chi connectivity index (χ1v) is 12.0. The van der Waals surface area contributed by atoms with E-state index in [2.05, 4.69) is 22.4 Å². The molecule has 10 heteroatoms. The van der Waals surface area contributed by atoms with Crippen LogP contribution in [0.4, 0.5) is 9.93 Å². The highest BCUT2D eigenvalue weighted by atomic mass is 32.1. The zero-order valence-corrected chi connectivity index (χ0v) is 19.7. The van der Waals surface area contributed by atoms with E-state index in [1.807, 2.05) is 36.4 Å². The molecule has 0 spiro atoms. The van der Waals surface area contributed by atoms with Crippen LogP contribution in [0.3, 0.4) is 0 Å². The number of nitrogens with one attached hydrogen (secondary N) is 1. The Morgan fingerprint density at radius 1 is 1.14 bits per heavy atom. The Labute approximate surface area is 205 Å². The third-order valence-corrected chi connectivity index (χ3v) is 7.28. The maximum Gasteiger partial charge on any atom is 0.413 e. The summed E-state index contributed by atoms with van der Waals surface area (Å²) in [5.41, 5.74) is 4.90. The first-order valence-electron chi connectivity index (χ1n) is 11.1. The number of nitrogens with zero attached hydrogens (tertiary/aromatic N) is 2. The monoisotopic (exact) mass is 493 g/mol. The number of morpholine rings is 1. The van der Waals surface area contributed by atoms with E-state index in [0.29, 0.717) is 5.69 Å². The van der Waals surface area contributed by atoms with Gasteiger partial charge in [0.2, 0.25) is 0 Å². The number of carbonyl (C=O) groups is 3. The van der Waals surface area contributed by atoms with E-state index < -0.39 is 24.0 Å². The zero-order chi connectivity index (χ0) is 24.5. The number of carboxylic acids is 1. The summed E-state index contributed by atoms with van der Waals surface area (Å²) in [5, 5.41) is 12.2. The summed E-state index contributed by atoms with van der Waals surface area (Å²) in [5.74, 6) is -1.65. The van der Waals surface area contributed by atoms with E-state index in [1.165, 1.54) is 4.90 Å². The van der Waals surface area contributed by atoms with E-state index in [0.717, 1.165) is 33.6 Å². The molecule has 2 N–H and O–H groups in total. The number of fused-ring (bicyclic) bond motifs is 3. The number of thiazole rings is 1. The van der Waals surface area contributed by atoms with Crippen molar-refractivity contribution >= 4 is 34.4 Å². The molecule has 35 heavy (non-hydrogen) atoms. The first kappa shape index (κ1) is 23.0. The molecule has 9 nitrogen and oxygen atoms in total. The molecule has 2 aromatic carbocycles. The van der Waals surface area contributed by atoms with Gasteiger partial charge in [0.25, 0.3) is 5.91 Å². The average Bonchev–Trinajstić information content (AvgIpc) is 3.39. The van der Waals surface area contributed by atoms with Crippen molar-refractivity contribution in [3.63, 3.8) is 0 Å². The molecule has 2 heterocycles. The summed E-state index contributed by atoms with van der Waals surface area (Å²) in [6, 6.07) is 15.1. The Hall–Kier alpha value is -3.76. The fraction of sp³-hybridized carbons (Fsp3) is 0.280. The SMILES string of the molecule is Cc1nc(NC(=O)OCC2c3ccccc3-c3ccccc32)sc1C(=O)N1CCOCC1C(=O)O. The minimum atomic E-state index is -1.13. The molecule has 1 unspecified atom stereocenters. The number of hydrogen-bond donors (Lipinski definition) is 2. The number of amides is 2. The highest BCUT2D eigenvalue weighted by Gasteiger charge is 2.35. The second-order valence-corrected chi connectivity index (χ2v) is 9.31. The zero-order valence-electron chi connectivity index (χ0n) is 18.9. The van der Waals surface area contributed by atoms with E-state index in [-0.39, 0.29) is 42.3 Å². The van der Waals surface area contributed by atoms with Crippen molar-refractivity contribution in [1.82, 2.24) is 9.88 Å². The molecule has 0 saturated carbocycles. The predicted molar refractivity (Wildman–Crippen MR) is 129 cm³/mol. The minimum absolute atomic E-state index is 0.0657. The van der Waals surface area contributed by atoms with Gasteiger partial charge in [-0.2, -0.15) is 0 Å². The van der Waals surface area contributed by atoms with Crippen molar-refractivity contribution in [1.29, 1.82) is 0 Å². The van der Waals surface area contributed by atoms with E-state index in [4.69, 9.17) is 9.47 Å². The van der Waals surface area contributed by atoms with Crippen LogP contribution < -0.4 is 5.32 Å². The van der Waals surface area contributed by atoms with Crippen LogP contribution in [-0.2, 0) is 14.3 Å². The van der Waals surface area contributed by atoms with Gasteiger partial charge < -0.3 is 19.5 Å². The van der Waals surface area contributed by atoms with Crippen molar-refractivity contribution in [3.05, 3.63) is 70.2 Å². The number of aromatic nitrogens is 1. The van der Waals surface area contributed by atoms with Crippen LogP contribution >= 0.6 is 11.3 Å². The predicted octanol–water partition coefficient (Wildman–Crippen LogP) is 3.74. The van der Waals surface area contributed by atoms with Gasteiger partial charge in [0.15, 0.2) is 11.2 Å². The van der Waals surface area contributed by atoms with Gasteiger partial charge in [-0.05, 0) is 29.2 Å². The molecule has 1 atom stereocenters. The standard InChI is InChI=1S/C25H23N3O6S/c1-14-21(22(29)28-10-11-33-13-20(28)23(30)31)35-24(26-14)27-25(32)34-12-19-17-8-4-2-6-15(17)16-7-3-5-9-18(16)19/h2-9,19-20H,10-13H2,1H3,(H,30,31)(H,26,27,32). The highest BCUT2D eigenvalue weighted by molar-refractivity contribution is 7.17. The molecule has 3 aromatic rings. The van der Waals surface area contributed by atoms with Crippen LogP contribution in [0.15, 0.2) is 48.5 Å². The molecule has 1 fully saturated rings. The Morgan fingerprint density at radius 2 is 1.80 bits per heavy atom. The van der Waals surface area contributed by atoms with Gasteiger partial charge in [-0.25, -0.2) is 14.6 Å². The normalized spacial score (nSPS) is 16.9. The van der Waals surface area contributed by atoms with Crippen LogP contribution in [0, 0.1) is 6.92 Å². The molecule has 180 valence electrons. The topological polar surface area (TPSA) is 118 Å². The van der Waals surface area contributed by atoms with Crippen molar-refractivity contribution in [2.24, 2.45) is 0 Å². The number of benzene rings is 2. The molecule has 5 rings (SSSR count). The Kier molecular flexibility index (Phi) is 6.23. The summed E-state index contributed by atoms with van der Waals surface area (Å²) in [4.78, 5) is 42.9. The van der Waals surface area contributed by atoms with Crippen molar-refractivity contribution in [2.75, 3.05) is 31.7 Å². The lowest BCUT2D eigenvalue weighted by molar-refractivity contribution is -0.147. The molecule has 2 aliphatic rings. The Bertz CT molecular complexity index is 1260. The number of ether oxygens (including phenoxy) is 2. The lowest BCUT2D eigenvalue weighted by Gasteiger charge is -2.32. The number of carbonyl (C=O) groups excluding carboxylic acids is 2. The van der Waals surface area contributed by atoms with E-state index in [9.17, 15) is 19.5 Å². The number of aryl methyl sites for hydroxylation is 1. The largest absolute Gasteiger partial charge is 0.480 e. The van der Waals surface area contributed by atoms with Crippen molar-refractivity contribution in [2.45, 2.75) is 18.9 Å². The summed E-state index contributed by atoms with van der Waals surface area (Å²) in [7, 11) is 0. The van der Waals surface area contributed by atoms with Gasteiger partial charge in [0.1, 0.15) is 11.5 Å². The van der Waals surface area contributed by atoms with Crippen LogP contribution in [0.5, 0.6) is 0 Å². The molecule has 1 aliphatic heterocycles. The van der Waals surface area contributed by atoms with Crippen LogP contribution in [0.2, 0.25) is 0 Å². The van der Waals surface area contributed by atoms with Gasteiger partial charge in [0.05, 0.1) is 18.9 Å². The molecule has 0 radical (unpaired) electrons. The highest BCUT2D eigenvalue weighted by Crippen LogP contribution is 2.44. The van der Waals surface area contributed by atoms with Crippen LogP contribution in [0.25, 0.3) is 11.1 Å². The summed E-state index contributed by atoms with van der Waals surface area (Å²) in [6.07, 6.45) is -0.672. The molecule has 1 aromatic heterocycles. The first-order chi connectivity index (χ1) is 16.9. The molecule has 1 saturated heterocycles. The third kappa shape index (κ3) is 4.38. The van der Waals surface area contributed by atoms with Gasteiger partial charge >= 0.3 is 12.1 Å². The second kappa shape index (κ2) is 9.47. The van der Waals surface area contributed by atoms with Gasteiger partial charge in [-0.1, -0.05) is 59.9 Å². The molecular formula is C25H23N3O6S. The number of carboxylic acid groups (broad SMARTS) is 1. The van der Waals surface area contributed by atoms with Gasteiger partial charge in [-0.3, -0.25) is 10.1 Å². The smallest absolute Gasteiger partial charge is 0.413 e. The van der Waals surface area contributed by atoms with Crippen molar-refractivity contribution in [3.8, 4) is 11.1 Å². The third-order valence-electron chi connectivity index (χ3n) is 6.22. The molecule has 1 aliphatic carbocycles. The Morgan fingerprint density at radius 3 is 2.46 bits per heavy atom. The summed E-state index contributed by atoms with van der Waals surface area (Å²) in [6.45, 7) is 2.16. The summed E-state index contributed by atoms with van der Waals surface area (Å²) < 4.78 is 10.7. The maximum absolute atomic E-state index is 13.0. The summed E-state index contributed by atoms with van der Waals surface area (Å²) >= 11 is 0.991. The number of aliphatic carboxylic acids is 1. The number of hydrogen-bond acceptors (Lipinski definition) is 7. The Balaban J connectivity index is 1.26. The molecule has 0 bridgehead atoms. The quantitative estimate of drug-likeness (QED) is 0.556. The second-order valence-electron chi connectivity index (χ2n) is 8.31. The lowest BCUT2D eigenvalue weighted by atomic mass is 9.98. The van der Waals surface area contributed by atoms with E-state index in [1.54, 1.807) is 6.92 Å². The van der Waals surface area contributed by atoms with Crippen molar-refractivity contribution < 1.29 is 29.0 Å². The number of rotatable bonds is 5. The molecular weight excluding hydrogens is 470 g/mol.